The van der Waals surface area contributed by atoms with Crippen LogP contribution in [0.15, 0.2) is 30.4 Å². The van der Waals surface area contributed by atoms with Crippen molar-refractivity contribution in [3.8, 4) is 5.75 Å². The predicted octanol–water partition coefficient (Wildman–Crippen LogP) is 4.02. The number of benzene rings is 1. The van der Waals surface area contributed by atoms with Gasteiger partial charge in [-0.2, -0.15) is 0 Å². The molecule has 0 fully saturated rings. The molecule has 0 amide bonds. The Kier molecular flexibility index (Phi) is 4.41. The highest BCUT2D eigenvalue weighted by molar-refractivity contribution is 5.39. The van der Waals surface area contributed by atoms with Gasteiger partial charge in [0.05, 0.1) is 7.11 Å². The van der Waals surface area contributed by atoms with Crippen LogP contribution in [0, 0.1) is 5.92 Å². The van der Waals surface area contributed by atoms with Gasteiger partial charge in [-0.05, 0) is 74.2 Å². The molecule has 0 saturated carbocycles. The summed E-state index contributed by atoms with van der Waals surface area (Å²) in [5, 5.41) is 3.81. The normalized spacial score (nSPS) is 25.2. The van der Waals surface area contributed by atoms with E-state index in [2.05, 4.69) is 35.7 Å². The fourth-order valence-electron chi connectivity index (χ4n) is 3.47. The second kappa shape index (κ2) is 6.45. The quantitative estimate of drug-likeness (QED) is 0.835. The topological polar surface area (TPSA) is 21.3 Å². The molecule has 0 bridgehead atoms. The number of fused-ring (bicyclic) bond motifs is 1. The summed E-state index contributed by atoms with van der Waals surface area (Å²) in [6.45, 7) is 1.14. The summed E-state index contributed by atoms with van der Waals surface area (Å²) in [5.41, 5.74) is 2.96. The van der Waals surface area contributed by atoms with Crippen LogP contribution in [-0.4, -0.2) is 13.7 Å². The van der Waals surface area contributed by atoms with Crippen LogP contribution in [0.4, 0.5) is 0 Å². The van der Waals surface area contributed by atoms with Gasteiger partial charge in [0.15, 0.2) is 0 Å². The molecule has 0 spiro atoms. The van der Waals surface area contributed by atoms with Crippen LogP contribution < -0.4 is 10.1 Å². The second-order valence-corrected chi connectivity index (χ2v) is 6.07. The summed E-state index contributed by atoms with van der Waals surface area (Å²) >= 11 is 0. The SMILES string of the molecule is COc1ccc2c(c1)C(NCC1CC=CCC1)CCC2. The molecule has 2 aliphatic rings. The molecule has 1 aromatic carbocycles. The zero-order chi connectivity index (χ0) is 13.8. The Labute approximate surface area is 122 Å². The summed E-state index contributed by atoms with van der Waals surface area (Å²) in [6, 6.07) is 7.07. The molecule has 3 rings (SSSR count). The maximum absolute atomic E-state index is 5.39. The molecule has 2 unspecified atom stereocenters. The van der Waals surface area contributed by atoms with E-state index in [-0.39, 0.29) is 0 Å². The van der Waals surface area contributed by atoms with Crippen molar-refractivity contribution in [1.82, 2.24) is 5.32 Å². The van der Waals surface area contributed by atoms with E-state index >= 15 is 0 Å². The number of hydrogen-bond donors (Lipinski definition) is 1. The smallest absolute Gasteiger partial charge is 0.119 e. The molecule has 0 aromatic heterocycles. The van der Waals surface area contributed by atoms with Crippen LogP contribution in [-0.2, 0) is 6.42 Å². The molecule has 1 N–H and O–H groups in total. The fourth-order valence-corrected chi connectivity index (χ4v) is 3.47. The summed E-state index contributed by atoms with van der Waals surface area (Å²) in [4.78, 5) is 0. The van der Waals surface area contributed by atoms with E-state index in [1.807, 2.05) is 0 Å². The van der Waals surface area contributed by atoms with E-state index in [0.29, 0.717) is 6.04 Å². The van der Waals surface area contributed by atoms with Crippen molar-refractivity contribution >= 4 is 0 Å². The minimum Gasteiger partial charge on any atom is -0.497 e. The van der Waals surface area contributed by atoms with Crippen LogP contribution in [0.25, 0.3) is 0 Å². The molecule has 1 aromatic rings. The molecule has 20 heavy (non-hydrogen) atoms. The molecular weight excluding hydrogens is 246 g/mol. The Balaban J connectivity index is 1.67. The molecule has 0 radical (unpaired) electrons. The Hall–Kier alpha value is -1.28. The Morgan fingerprint density at radius 3 is 3.00 bits per heavy atom. The maximum Gasteiger partial charge on any atom is 0.119 e. The van der Waals surface area contributed by atoms with Gasteiger partial charge in [0.25, 0.3) is 0 Å². The van der Waals surface area contributed by atoms with E-state index in [9.17, 15) is 0 Å². The van der Waals surface area contributed by atoms with Crippen LogP contribution in [0.1, 0.15) is 49.3 Å². The first-order valence-electron chi connectivity index (χ1n) is 7.92. The van der Waals surface area contributed by atoms with Gasteiger partial charge in [0, 0.05) is 6.04 Å². The number of methoxy groups -OCH3 is 1. The molecule has 108 valence electrons. The van der Waals surface area contributed by atoms with Crippen LogP contribution in [0.5, 0.6) is 5.75 Å². The van der Waals surface area contributed by atoms with E-state index in [1.54, 1.807) is 7.11 Å². The van der Waals surface area contributed by atoms with Crippen LogP contribution >= 0.6 is 0 Å². The number of nitrogens with one attached hydrogen (secondary N) is 1. The molecule has 2 nitrogen and oxygen atoms in total. The van der Waals surface area contributed by atoms with Crippen molar-refractivity contribution in [3.63, 3.8) is 0 Å². The fraction of sp³-hybridized carbons (Fsp3) is 0.556. The van der Waals surface area contributed by atoms with Crippen LogP contribution in [0.2, 0.25) is 0 Å². The average Bonchev–Trinajstić information content (AvgIpc) is 2.53. The van der Waals surface area contributed by atoms with Crippen molar-refractivity contribution in [2.75, 3.05) is 13.7 Å². The monoisotopic (exact) mass is 271 g/mol. The highest BCUT2D eigenvalue weighted by Crippen LogP contribution is 2.32. The molecule has 0 saturated heterocycles. The molecule has 2 atom stereocenters. The van der Waals surface area contributed by atoms with Crippen molar-refractivity contribution in [2.45, 2.75) is 44.6 Å². The summed E-state index contributed by atoms with van der Waals surface area (Å²) < 4.78 is 5.39. The Morgan fingerprint density at radius 1 is 1.25 bits per heavy atom. The number of ether oxygens (including phenoxy) is 1. The largest absolute Gasteiger partial charge is 0.497 e. The average molecular weight is 271 g/mol. The summed E-state index contributed by atoms with van der Waals surface area (Å²) in [7, 11) is 1.75. The van der Waals surface area contributed by atoms with Crippen molar-refractivity contribution in [3.05, 3.63) is 41.5 Å². The summed E-state index contributed by atoms with van der Waals surface area (Å²) in [6.07, 6.45) is 12.2. The Morgan fingerprint density at radius 2 is 2.20 bits per heavy atom. The van der Waals surface area contributed by atoms with Gasteiger partial charge >= 0.3 is 0 Å². The first kappa shape index (κ1) is 13.7. The van der Waals surface area contributed by atoms with Crippen molar-refractivity contribution in [2.24, 2.45) is 5.92 Å². The van der Waals surface area contributed by atoms with Gasteiger partial charge in [0.2, 0.25) is 0 Å². The number of rotatable bonds is 4. The van der Waals surface area contributed by atoms with Crippen molar-refractivity contribution in [1.29, 1.82) is 0 Å². The lowest BCUT2D eigenvalue weighted by Gasteiger charge is -2.29. The lowest BCUT2D eigenvalue weighted by Crippen LogP contribution is -2.30. The molecule has 2 aliphatic carbocycles. The molecule has 0 aliphatic heterocycles. The van der Waals surface area contributed by atoms with Gasteiger partial charge in [-0.1, -0.05) is 18.2 Å². The summed E-state index contributed by atoms with van der Waals surface area (Å²) in [5.74, 6) is 1.80. The number of allylic oxidation sites excluding steroid dienone is 2. The minimum atomic E-state index is 0.514. The van der Waals surface area contributed by atoms with Gasteiger partial charge in [0.1, 0.15) is 5.75 Å². The zero-order valence-corrected chi connectivity index (χ0v) is 12.4. The molecule has 0 heterocycles. The third-order valence-electron chi connectivity index (χ3n) is 4.70. The zero-order valence-electron chi connectivity index (χ0n) is 12.4. The van der Waals surface area contributed by atoms with E-state index < -0.39 is 0 Å². The van der Waals surface area contributed by atoms with Gasteiger partial charge in [-0.25, -0.2) is 0 Å². The first-order valence-corrected chi connectivity index (χ1v) is 7.92. The van der Waals surface area contributed by atoms with E-state index in [4.69, 9.17) is 4.74 Å². The van der Waals surface area contributed by atoms with E-state index in [0.717, 1.165) is 18.2 Å². The van der Waals surface area contributed by atoms with Crippen LogP contribution in [0.3, 0.4) is 0 Å². The van der Waals surface area contributed by atoms with Gasteiger partial charge < -0.3 is 10.1 Å². The van der Waals surface area contributed by atoms with Gasteiger partial charge in [-0.15, -0.1) is 0 Å². The minimum absolute atomic E-state index is 0.514. The predicted molar refractivity (Wildman–Crippen MR) is 83.2 cm³/mol. The molecule has 2 heteroatoms. The van der Waals surface area contributed by atoms with E-state index in [1.165, 1.54) is 49.7 Å². The number of aryl methyl sites for hydroxylation is 1. The first-order chi connectivity index (χ1) is 9.86. The molecular formula is C18H25NO. The third-order valence-corrected chi connectivity index (χ3v) is 4.70. The third kappa shape index (κ3) is 3.06. The Bertz CT molecular complexity index is 480. The maximum atomic E-state index is 5.39. The van der Waals surface area contributed by atoms with Crippen molar-refractivity contribution < 1.29 is 4.74 Å². The lowest BCUT2D eigenvalue weighted by molar-refractivity contribution is 0.378. The highest BCUT2D eigenvalue weighted by atomic mass is 16.5. The van der Waals surface area contributed by atoms with Gasteiger partial charge in [-0.3, -0.25) is 0 Å². The highest BCUT2D eigenvalue weighted by Gasteiger charge is 2.21. The lowest BCUT2D eigenvalue weighted by atomic mass is 9.86. The number of hydrogen-bond acceptors (Lipinski definition) is 2. The standard InChI is InChI=1S/C18H25NO/c1-20-16-11-10-15-8-5-9-18(17(15)12-16)19-13-14-6-3-2-4-7-14/h2-3,10-12,14,18-19H,4-9,13H2,1H3. The second-order valence-electron chi connectivity index (χ2n) is 6.07.